The van der Waals surface area contributed by atoms with E-state index in [2.05, 4.69) is 10.6 Å². The predicted octanol–water partition coefficient (Wildman–Crippen LogP) is 4.17. The summed E-state index contributed by atoms with van der Waals surface area (Å²) in [6.07, 6.45) is 5.23. The molecule has 2 atom stereocenters. The zero-order valence-electron chi connectivity index (χ0n) is 21.6. The van der Waals surface area contributed by atoms with E-state index >= 15 is 0 Å². The number of carbonyl (C=O) groups excluding carboxylic acids is 3. The van der Waals surface area contributed by atoms with E-state index in [-0.39, 0.29) is 23.5 Å². The highest BCUT2D eigenvalue weighted by Gasteiger charge is 2.31. The molecular formula is C28H37N3O4S. The van der Waals surface area contributed by atoms with E-state index in [4.69, 9.17) is 0 Å². The van der Waals surface area contributed by atoms with Gasteiger partial charge in [0.05, 0.1) is 0 Å². The highest BCUT2D eigenvalue weighted by molar-refractivity contribution is 7.86. The minimum Gasteiger partial charge on any atom is -0.352 e. The summed E-state index contributed by atoms with van der Waals surface area (Å²) in [5.74, 6) is -1.75. The molecule has 0 unspecified atom stereocenters. The van der Waals surface area contributed by atoms with Crippen molar-refractivity contribution in [2.24, 2.45) is 0 Å². The van der Waals surface area contributed by atoms with Crippen LogP contribution in [-0.4, -0.2) is 45.5 Å². The minimum atomic E-state index is -1.73. The van der Waals surface area contributed by atoms with Crippen LogP contribution in [0.1, 0.15) is 55.7 Å². The third-order valence-corrected chi connectivity index (χ3v) is 7.66. The van der Waals surface area contributed by atoms with Crippen molar-refractivity contribution in [2.75, 3.05) is 21.7 Å². The van der Waals surface area contributed by atoms with Gasteiger partial charge in [0.15, 0.2) is 0 Å². The summed E-state index contributed by atoms with van der Waals surface area (Å²) in [5, 5.41) is 5.81. The Morgan fingerprint density at radius 1 is 0.944 bits per heavy atom. The fourth-order valence-electron chi connectivity index (χ4n) is 4.56. The lowest BCUT2D eigenvalue weighted by atomic mass is 9.95. The Labute approximate surface area is 216 Å². The van der Waals surface area contributed by atoms with Crippen molar-refractivity contribution >= 4 is 39.9 Å². The number of hydrogen-bond acceptors (Lipinski definition) is 4. The molecule has 3 amide bonds. The fraction of sp³-hybridized carbons (Fsp3) is 0.464. The molecule has 0 saturated heterocycles. The van der Waals surface area contributed by atoms with Crippen LogP contribution in [0.25, 0.3) is 0 Å². The van der Waals surface area contributed by atoms with Gasteiger partial charge in [-0.2, -0.15) is 0 Å². The van der Waals surface area contributed by atoms with Gasteiger partial charge in [-0.1, -0.05) is 54.7 Å². The van der Waals surface area contributed by atoms with E-state index in [9.17, 15) is 18.6 Å². The smallest absolute Gasteiger partial charge is 0.243 e. The molecule has 3 rings (SSSR count). The Balaban J connectivity index is 1.71. The predicted molar refractivity (Wildman–Crippen MR) is 146 cm³/mol. The molecule has 1 aliphatic carbocycles. The maximum atomic E-state index is 13.4. The summed E-state index contributed by atoms with van der Waals surface area (Å²) < 4.78 is 12.8. The average Bonchev–Trinajstić information content (AvgIpc) is 2.82. The zero-order chi connectivity index (χ0) is 26.2. The lowest BCUT2D eigenvalue weighted by molar-refractivity contribution is -0.126. The number of anilines is 2. The lowest BCUT2D eigenvalue weighted by Gasteiger charge is -2.32. The normalized spacial score (nSPS) is 15.6. The molecule has 0 bridgehead atoms. The Hall–Kier alpha value is -3.00. The quantitative estimate of drug-likeness (QED) is 0.528. The molecule has 0 aromatic heterocycles. The maximum Gasteiger partial charge on any atom is 0.243 e. The van der Waals surface area contributed by atoms with Crippen molar-refractivity contribution < 1.29 is 18.6 Å². The Morgan fingerprint density at radius 3 is 2.22 bits per heavy atom. The van der Waals surface area contributed by atoms with Gasteiger partial charge < -0.3 is 10.6 Å². The summed E-state index contributed by atoms with van der Waals surface area (Å²) in [7, 11) is -1.73. The topological polar surface area (TPSA) is 95.6 Å². The van der Waals surface area contributed by atoms with Gasteiger partial charge >= 0.3 is 0 Å². The summed E-state index contributed by atoms with van der Waals surface area (Å²) in [5.41, 5.74) is 4.18. The minimum absolute atomic E-state index is 0.115. The molecule has 194 valence electrons. The molecular weight excluding hydrogens is 474 g/mol. The number of hydrogen-bond donors (Lipinski definition) is 2. The monoisotopic (exact) mass is 511 g/mol. The number of nitrogens with zero attached hydrogens (tertiary/aromatic N) is 1. The molecule has 1 fully saturated rings. The van der Waals surface area contributed by atoms with Gasteiger partial charge in [0, 0.05) is 28.2 Å². The molecule has 0 heterocycles. The van der Waals surface area contributed by atoms with Crippen LogP contribution in [0, 0.1) is 20.8 Å². The van der Waals surface area contributed by atoms with Crippen LogP contribution in [0.2, 0.25) is 0 Å². The second kappa shape index (κ2) is 12.8. The summed E-state index contributed by atoms with van der Waals surface area (Å²) in [6, 6.07) is 12.3. The Bertz CT molecular complexity index is 1110. The van der Waals surface area contributed by atoms with Gasteiger partial charge in [0.1, 0.15) is 17.5 Å². The van der Waals surface area contributed by atoms with Crippen molar-refractivity contribution in [3.8, 4) is 0 Å². The number of benzene rings is 2. The van der Waals surface area contributed by atoms with Crippen LogP contribution in [0.5, 0.6) is 0 Å². The summed E-state index contributed by atoms with van der Waals surface area (Å²) in [6.45, 7) is 7.50. The molecule has 2 aromatic rings. The second-order valence-corrected chi connectivity index (χ2v) is 11.2. The molecule has 36 heavy (non-hydrogen) atoms. The van der Waals surface area contributed by atoms with E-state index in [1.165, 1.54) is 11.3 Å². The first-order valence-corrected chi connectivity index (χ1v) is 14.0. The van der Waals surface area contributed by atoms with Gasteiger partial charge in [0.25, 0.3) is 0 Å². The van der Waals surface area contributed by atoms with E-state index in [0.717, 1.165) is 42.4 Å². The first-order valence-electron chi connectivity index (χ1n) is 12.5. The molecule has 7 nitrogen and oxygen atoms in total. The van der Waals surface area contributed by atoms with Crippen LogP contribution >= 0.6 is 0 Å². The van der Waals surface area contributed by atoms with Gasteiger partial charge in [-0.25, -0.2) is 0 Å². The lowest BCUT2D eigenvalue weighted by Crippen LogP contribution is -2.52. The van der Waals surface area contributed by atoms with Crippen LogP contribution < -0.4 is 15.5 Å². The summed E-state index contributed by atoms with van der Waals surface area (Å²) in [4.78, 5) is 40.4. The van der Waals surface area contributed by atoms with Gasteiger partial charge in [0.2, 0.25) is 17.7 Å². The molecule has 0 spiro atoms. The standard InChI is InChI=1S/C28H37N3O4S/c1-19-10-13-24(14-11-19)29-26(32)17-36(35)18-27(33)31(25-15-12-20(2)16-21(25)3)22(4)28(34)30-23-8-6-5-7-9-23/h10-16,22-23H,5-9,17-18H2,1-4H3,(H,29,32)(H,30,34)/t22-,36+/m0/s1. The van der Waals surface area contributed by atoms with E-state index < -0.39 is 28.7 Å². The average molecular weight is 512 g/mol. The highest BCUT2D eigenvalue weighted by atomic mass is 32.2. The van der Waals surface area contributed by atoms with Crippen molar-refractivity contribution in [3.05, 3.63) is 59.2 Å². The van der Waals surface area contributed by atoms with Crippen molar-refractivity contribution in [3.63, 3.8) is 0 Å². The molecule has 1 saturated carbocycles. The van der Waals surface area contributed by atoms with Gasteiger partial charge in [-0.05, 0) is 64.3 Å². The first-order chi connectivity index (χ1) is 17.1. The Morgan fingerprint density at radius 2 is 1.58 bits per heavy atom. The van der Waals surface area contributed by atoms with Crippen molar-refractivity contribution in [1.29, 1.82) is 0 Å². The van der Waals surface area contributed by atoms with Crippen molar-refractivity contribution in [2.45, 2.75) is 71.9 Å². The number of aryl methyl sites for hydroxylation is 3. The summed E-state index contributed by atoms with van der Waals surface area (Å²) >= 11 is 0. The number of carbonyl (C=O) groups is 3. The molecule has 0 radical (unpaired) electrons. The highest BCUT2D eigenvalue weighted by Crippen LogP contribution is 2.25. The zero-order valence-corrected chi connectivity index (χ0v) is 22.5. The fourth-order valence-corrected chi connectivity index (χ4v) is 5.44. The second-order valence-electron chi connectivity index (χ2n) is 9.72. The molecule has 8 heteroatoms. The molecule has 2 aromatic carbocycles. The Kier molecular flexibility index (Phi) is 9.81. The first kappa shape index (κ1) is 27.6. The van der Waals surface area contributed by atoms with Gasteiger partial charge in [-0.3, -0.25) is 23.5 Å². The van der Waals surface area contributed by atoms with Crippen LogP contribution in [0.15, 0.2) is 42.5 Å². The van der Waals surface area contributed by atoms with E-state index in [1.54, 1.807) is 19.1 Å². The van der Waals surface area contributed by atoms with E-state index in [0.29, 0.717) is 11.4 Å². The van der Waals surface area contributed by atoms with E-state index in [1.807, 2.05) is 51.1 Å². The maximum absolute atomic E-state index is 13.4. The number of rotatable bonds is 9. The number of nitrogens with one attached hydrogen (secondary N) is 2. The molecule has 0 aliphatic heterocycles. The number of amides is 3. The van der Waals surface area contributed by atoms with Gasteiger partial charge in [-0.15, -0.1) is 0 Å². The largest absolute Gasteiger partial charge is 0.352 e. The molecule has 2 N–H and O–H groups in total. The third kappa shape index (κ3) is 7.75. The molecule has 1 aliphatic rings. The van der Waals surface area contributed by atoms with Crippen LogP contribution in [0.3, 0.4) is 0 Å². The van der Waals surface area contributed by atoms with Crippen molar-refractivity contribution in [1.82, 2.24) is 5.32 Å². The third-order valence-electron chi connectivity index (χ3n) is 6.51. The van der Waals surface area contributed by atoms with Crippen LogP contribution in [0.4, 0.5) is 11.4 Å². The SMILES string of the molecule is Cc1ccc(NC(=O)C[S@@](=O)CC(=O)N(c2ccc(C)cc2C)[C@@H](C)C(=O)NC2CCCCC2)cc1. The van der Waals surface area contributed by atoms with Crippen LogP contribution in [-0.2, 0) is 25.2 Å².